The number of benzene rings is 1. The van der Waals surface area contributed by atoms with Crippen LogP contribution >= 0.6 is 11.6 Å². The summed E-state index contributed by atoms with van der Waals surface area (Å²) in [5.74, 6) is -0.424. The lowest BCUT2D eigenvalue weighted by atomic mass is 9.95. The molecular weight excluding hydrogens is 267 g/mol. The van der Waals surface area contributed by atoms with Crippen molar-refractivity contribution in [1.29, 1.82) is 0 Å². The van der Waals surface area contributed by atoms with Crippen molar-refractivity contribution in [2.45, 2.75) is 25.4 Å². The molecule has 0 aliphatic carbocycles. The molecular formula is C12H15ClF3NO. The Morgan fingerprint density at radius 2 is 2.00 bits per heavy atom. The van der Waals surface area contributed by atoms with Crippen molar-refractivity contribution >= 4 is 11.6 Å². The third kappa shape index (κ3) is 3.29. The molecule has 0 aliphatic rings. The highest BCUT2D eigenvalue weighted by molar-refractivity contribution is 6.32. The van der Waals surface area contributed by atoms with Gasteiger partial charge in [0.1, 0.15) is 5.75 Å². The number of nitrogens with two attached hydrogens (primary N) is 1. The molecule has 0 amide bonds. The van der Waals surface area contributed by atoms with Crippen molar-refractivity contribution in [3.63, 3.8) is 0 Å². The molecule has 0 bridgehead atoms. The van der Waals surface area contributed by atoms with Crippen LogP contribution in [-0.4, -0.2) is 13.7 Å². The number of methoxy groups -OCH3 is 1. The minimum atomic E-state index is -4.49. The van der Waals surface area contributed by atoms with E-state index in [9.17, 15) is 13.2 Å². The van der Waals surface area contributed by atoms with Gasteiger partial charge in [-0.05, 0) is 36.6 Å². The molecule has 102 valence electrons. The summed E-state index contributed by atoms with van der Waals surface area (Å²) in [6, 6.07) is 2.57. The van der Waals surface area contributed by atoms with Crippen LogP contribution in [0.25, 0.3) is 0 Å². The van der Waals surface area contributed by atoms with Crippen molar-refractivity contribution in [2.75, 3.05) is 13.7 Å². The van der Waals surface area contributed by atoms with Crippen LogP contribution in [0.4, 0.5) is 13.2 Å². The first-order chi connectivity index (χ1) is 8.31. The largest absolute Gasteiger partial charge is 0.495 e. The standard InChI is InChI=1S/C12H15ClF3NO/c1-7(3-4-17)8-5-9(12(14,15)16)11(18-2)10(13)6-8/h5-7H,3-4,17H2,1-2H3. The first kappa shape index (κ1) is 15.1. The van der Waals surface area contributed by atoms with Gasteiger partial charge in [-0.1, -0.05) is 18.5 Å². The summed E-state index contributed by atoms with van der Waals surface area (Å²) in [7, 11) is 1.17. The molecule has 1 aromatic carbocycles. The second kappa shape index (κ2) is 5.80. The highest BCUT2D eigenvalue weighted by atomic mass is 35.5. The number of hydrogen-bond acceptors (Lipinski definition) is 2. The summed E-state index contributed by atoms with van der Waals surface area (Å²) < 4.78 is 43.4. The topological polar surface area (TPSA) is 35.2 Å². The monoisotopic (exact) mass is 281 g/mol. The number of halogens is 4. The second-order valence-electron chi connectivity index (χ2n) is 4.06. The van der Waals surface area contributed by atoms with Crippen LogP contribution < -0.4 is 10.5 Å². The van der Waals surface area contributed by atoms with Gasteiger partial charge in [-0.2, -0.15) is 13.2 Å². The summed E-state index contributed by atoms with van der Waals surface area (Å²) in [6.45, 7) is 2.22. The quantitative estimate of drug-likeness (QED) is 0.910. The Labute approximate surface area is 109 Å². The van der Waals surface area contributed by atoms with E-state index in [1.54, 1.807) is 0 Å². The Kier molecular flexibility index (Phi) is 4.87. The van der Waals surface area contributed by atoms with Crippen LogP contribution in [-0.2, 0) is 6.18 Å². The first-order valence-electron chi connectivity index (χ1n) is 5.46. The van der Waals surface area contributed by atoms with E-state index in [2.05, 4.69) is 0 Å². The van der Waals surface area contributed by atoms with Gasteiger partial charge in [0, 0.05) is 0 Å². The third-order valence-corrected chi connectivity index (χ3v) is 3.02. The van der Waals surface area contributed by atoms with Gasteiger partial charge in [-0.15, -0.1) is 0 Å². The molecule has 1 atom stereocenters. The number of ether oxygens (including phenoxy) is 1. The Bertz CT molecular complexity index is 421. The Hall–Kier alpha value is -0.940. The van der Waals surface area contributed by atoms with Gasteiger partial charge in [-0.3, -0.25) is 0 Å². The molecule has 0 heterocycles. The van der Waals surface area contributed by atoms with Crippen molar-refractivity contribution in [2.24, 2.45) is 5.73 Å². The zero-order valence-electron chi connectivity index (χ0n) is 10.1. The summed E-state index contributed by atoms with van der Waals surface area (Å²) >= 11 is 5.83. The average Bonchev–Trinajstić information content (AvgIpc) is 2.27. The Morgan fingerprint density at radius 3 is 2.44 bits per heavy atom. The van der Waals surface area contributed by atoms with E-state index in [0.29, 0.717) is 18.5 Å². The van der Waals surface area contributed by atoms with Crippen molar-refractivity contribution in [3.05, 3.63) is 28.3 Å². The van der Waals surface area contributed by atoms with E-state index in [1.807, 2.05) is 6.92 Å². The van der Waals surface area contributed by atoms with Crippen LogP contribution in [0, 0.1) is 0 Å². The van der Waals surface area contributed by atoms with E-state index in [0.717, 1.165) is 6.07 Å². The van der Waals surface area contributed by atoms with Gasteiger partial charge in [0.25, 0.3) is 0 Å². The maximum absolute atomic E-state index is 12.9. The van der Waals surface area contributed by atoms with E-state index >= 15 is 0 Å². The van der Waals surface area contributed by atoms with Gasteiger partial charge in [0.15, 0.2) is 0 Å². The van der Waals surface area contributed by atoms with Crippen LogP contribution in [0.2, 0.25) is 5.02 Å². The Balaban J connectivity index is 3.30. The fourth-order valence-corrected chi connectivity index (χ4v) is 2.04. The predicted octanol–water partition coefficient (Wildman–Crippen LogP) is 3.82. The fraction of sp³-hybridized carbons (Fsp3) is 0.500. The van der Waals surface area contributed by atoms with E-state index in [4.69, 9.17) is 22.1 Å². The highest BCUT2D eigenvalue weighted by Gasteiger charge is 2.36. The third-order valence-electron chi connectivity index (χ3n) is 2.74. The molecule has 0 saturated carbocycles. The van der Waals surface area contributed by atoms with E-state index in [-0.39, 0.29) is 16.7 Å². The van der Waals surface area contributed by atoms with Crippen molar-refractivity contribution in [3.8, 4) is 5.75 Å². The van der Waals surface area contributed by atoms with Gasteiger partial charge in [0.05, 0.1) is 17.7 Å². The molecule has 2 nitrogen and oxygen atoms in total. The lowest BCUT2D eigenvalue weighted by molar-refractivity contribution is -0.138. The maximum Gasteiger partial charge on any atom is 0.420 e. The first-order valence-corrected chi connectivity index (χ1v) is 5.83. The number of rotatable bonds is 4. The molecule has 0 fully saturated rings. The summed E-state index contributed by atoms with van der Waals surface area (Å²) in [4.78, 5) is 0. The molecule has 0 spiro atoms. The van der Waals surface area contributed by atoms with Crippen molar-refractivity contribution < 1.29 is 17.9 Å². The van der Waals surface area contributed by atoms with Gasteiger partial charge < -0.3 is 10.5 Å². The molecule has 2 N–H and O–H groups in total. The summed E-state index contributed by atoms with van der Waals surface area (Å²) in [6.07, 6.45) is -3.90. The second-order valence-corrected chi connectivity index (χ2v) is 4.47. The minimum Gasteiger partial charge on any atom is -0.495 e. The average molecular weight is 282 g/mol. The zero-order chi connectivity index (χ0) is 13.9. The zero-order valence-corrected chi connectivity index (χ0v) is 10.9. The smallest absolute Gasteiger partial charge is 0.420 e. The predicted molar refractivity (Wildman–Crippen MR) is 65.1 cm³/mol. The fourth-order valence-electron chi connectivity index (χ4n) is 1.73. The molecule has 6 heteroatoms. The van der Waals surface area contributed by atoms with Gasteiger partial charge in [-0.25, -0.2) is 0 Å². The van der Waals surface area contributed by atoms with Crippen LogP contribution in [0.15, 0.2) is 12.1 Å². The number of alkyl halides is 3. The molecule has 18 heavy (non-hydrogen) atoms. The van der Waals surface area contributed by atoms with Gasteiger partial charge in [0.2, 0.25) is 0 Å². The molecule has 1 aromatic rings. The molecule has 1 unspecified atom stereocenters. The molecule has 0 radical (unpaired) electrons. The number of hydrogen-bond donors (Lipinski definition) is 1. The molecule has 1 rings (SSSR count). The summed E-state index contributed by atoms with van der Waals surface area (Å²) in [5.41, 5.74) is 5.07. The summed E-state index contributed by atoms with van der Waals surface area (Å²) in [5, 5.41) is -0.0359. The minimum absolute atomic E-state index is 0.0359. The van der Waals surface area contributed by atoms with Crippen LogP contribution in [0.5, 0.6) is 5.75 Å². The lowest BCUT2D eigenvalue weighted by Gasteiger charge is -2.18. The highest BCUT2D eigenvalue weighted by Crippen LogP contribution is 2.42. The van der Waals surface area contributed by atoms with E-state index < -0.39 is 11.7 Å². The lowest BCUT2D eigenvalue weighted by Crippen LogP contribution is -2.11. The normalized spacial score (nSPS) is 13.5. The van der Waals surface area contributed by atoms with Crippen LogP contribution in [0.1, 0.15) is 30.4 Å². The maximum atomic E-state index is 12.9. The SMILES string of the molecule is COc1c(Cl)cc(C(C)CCN)cc1C(F)(F)F. The van der Waals surface area contributed by atoms with Crippen LogP contribution in [0.3, 0.4) is 0 Å². The van der Waals surface area contributed by atoms with E-state index in [1.165, 1.54) is 13.2 Å². The van der Waals surface area contributed by atoms with Crippen molar-refractivity contribution in [1.82, 2.24) is 0 Å². The molecule has 0 aromatic heterocycles. The Morgan fingerprint density at radius 1 is 1.39 bits per heavy atom. The molecule has 0 saturated heterocycles. The molecule has 0 aliphatic heterocycles. The van der Waals surface area contributed by atoms with Gasteiger partial charge >= 0.3 is 6.18 Å².